The molecular formula is C13H18BrF2N. The molecule has 0 saturated heterocycles. The average Bonchev–Trinajstić information content (AvgIpc) is 2.28. The predicted octanol–water partition coefficient (Wildman–Crippen LogP) is 4.11. The van der Waals surface area contributed by atoms with Crippen molar-refractivity contribution < 1.29 is 8.78 Å². The van der Waals surface area contributed by atoms with Crippen LogP contribution in [-0.4, -0.2) is 6.54 Å². The van der Waals surface area contributed by atoms with Gasteiger partial charge in [0.05, 0.1) is 4.47 Å². The summed E-state index contributed by atoms with van der Waals surface area (Å²) in [4.78, 5) is 0. The van der Waals surface area contributed by atoms with Gasteiger partial charge in [0.15, 0.2) is 0 Å². The summed E-state index contributed by atoms with van der Waals surface area (Å²) >= 11 is 3.05. The number of benzene rings is 1. The van der Waals surface area contributed by atoms with Crippen molar-refractivity contribution in [3.05, 3.63) is 33.8 Å². The molecule has 0 amide bonds. The van der Waals surface area contributed by atoms with Gasteiger partial charge in [-0.05, 0) is 46.4 Å². The standard InChI is InChI=1S/C13H18BrF2N/c1-8(2)9(3)6-17-7-10-12(15)5-4-11(14)13(10)16/h4-5,8-9,17H,6-7H2,1-3H3. The molecule has 0 heterocycles. The summed E-state index contributed by atoms with van der Waals surface area (Å²) in [6.45, 7) is 7.35. The van der Waals surface area contributed by atoms with Crippen LogP contribution in [0.1, 0.15) is 26.3 Å². The summed E-state index contributed by atoms with van der Waals surface area (Å²) in [5.41, 5.74) is 0.0929. The zero-order chi connectivity index (χ0) is 13.0. The number of nitrogens with one attached hydrogen (secondary N) is 1. The maximum atomic E-state index is 13.6. The van der Waals surface area contributed by atoms with Gasteiger partial charge in [-0.1, -0.05) is 20.8 Å². The first-order chi connectivity index (χ1) is 7.93. The first-order valence-electron chi connectivity index (χ1n) is 5.76. The van der Waals surface area contributed by atoms with Gasteiger partial charge in [-0.2, -0.15) is 0 Å². The second-order valence-corrected chi connectivity index (χ2v) is 5.53. The van der Waals surface area contributed by atoms with E-state index in [9.17, 15) is 8.78 Å². The molecule has 1 rings (SSSR count). The highest BCUT2D eigenvalue weighted by Gasteiger charge is 2.13. The van der Waals surface area contributed by atoms with Gasteiger partial charge in [0.25, 0.3) is 0 Å². The Balaban J connectivity index is 2.61. The molecule has 1 atom stereocenters. The van der Waals surface area contributed by atoms with Gasteiger partial charge in [0.1, 0.15) is 11.6 Å². The van der Waals surface area contributed by atoms with Crippen molar-refractivity contribution >= 4 is 15.9 Å². The molecule has 0 bridgehead atoms. The van der Waals surface area contributed by atoms with Crippen molar-refractivity contribution in [3.63, 3.8) is 0 Å². The topological polar surface area (TPSA) is 12.0 Å². The van der Waals surface area contributed by atoms with E-state index in [1.54, 1.807) is 0 Å². The van der Waals surface area contributed by atoms with Crippen molar-refractivity contribution in [2.24, 2.45) is 11.8 Å². The van der Waals surface area contributed by atoms with Crippen LogP contribution in [0, 0.1) is 23.5 Å². The van der Waals surface area contributed by atoms with E-state index >= 15 is 0 Å². The Bertz CT molecular complexity index is 380. The molecule has 0 aromatic heterocycles. The number of hydrogen-bond acceptors (Lipinski definition) is 1. The number of rotatable bonds is 5. The van der Waals surface area contributed by atoms with Gasteiger partial charge in [-0.3, -0.25) is 0 Å². The molecule has 0 saturated carbocycles. The Kier molecular flexibility index (Phi) is 5.53. The predicted molar refractivity (Wildman–Crippen MR) is 69.8 cm³/mol. The third-order valence-corrected chi connectivity index (χ3v) is 3.66. The van der Waals surface area contributed by atoms with E-state index in [2.05, 4.69) is 42.0 Å². The van der Waals surface area contributed by atoms with Gasteiger partial charge in [0, 0.05) is 12.1 Å². The van der Waals surface area contributed by atoms with Crippen LogP contribution in [0.15, 0.2) is 16.6 Å². The SMILES string of the molecule is CC(C)C(C)CNCc1c(F)ccc(Br)c1F. The first-order valence-corrected chi connectivity index (χ1v) is 6.55. The third-order valence-electron chi connectivity index (χ3n) is 3.05. The average molecular weight is 306 g/mol. The smallest absolute Gasteiger partial charge is 0.144 e. The lowest BCUT2D eigenvalue weighted by Crippen LogP contribution is -2.24. The van der Waals surface area contributed by atoms with E-state index in [-0.39, 0.29) is 12.1 Å². The minimum Gasteiger partial charge on any atom is -0.312 e. The molecule has 4 heteroatoms. The van der Waals surface area contributed by atoms with Crippen LogP contribution >= 0.6 is 15.9 Å². The second-order valence-electron chi connectivity index (χ2n) is 4.67. The molecular weight excluding hydrogens is 288 g/mol. The fourth-order valence-electron chi connectivity index (χ4n) is 1.39. The Morgan fingerprint density at radius 3 is 2.47 bits per heavy atom. The molecule has 0 radical (unpaired) electrons. The number of hydrogen-bond donors (Lipinski definition) is 1. The molecule has 0 aliphatic rings. The minimum absolute atomic E-state index is 0.0929. The largest absolute Gasteiger partial charge is 0.312 e. The Hall–Kier alpha value is -0.480. The summed E-state index contributed by atoms with van der Waals surface area (Å²) in [6.07, 6.45) is 0. The number of halogens is 3. The fraction of sp³-hybridized carbons (Fsp3) is 0.538. The minimum atomic E-state index is -0.519. The molecule has 0 fully saturated rings. The Morgan fingerprint density at radius 2 is 1.88 bits per heavy atom. The summed E-state index contributed by atoms with van der Waals surface area (Å²) < 4.78 is 27.3. The van der Waals surface area contributed by atoms with E-state index in [0.29, 0.717) is 16.3 Å². The lowest BCUT2D eigenvalue weighted by molar-refractivity contribution is 0.388. The van der Waals surface area contributed by atoms with Crippen molar-refractivity contribution in [3.8, 4) is 0 Å². The zero-order valence-corrected chi connectivity index (χ0v) is 11.9. The Labute approximate surface area is 110 Å². The molecule has 1 N–H and O–H groups in total. The van der Waals surface area contributed by atoms with Gasteiger partial charge in [0.2, 0.25) is 0 Å². The van der Waals surface area contributed by atoms with E-state index in [0.717, 1.165) is 6.54 Å². The first kappa shape index (κ1) is 14.6. The lowest BCUT2D eigenvalue weighted by Gasteiger charge is -2.16. The van der Waals surface area contributed by atoms with E-state index in [1.165, 1.54) is 12.1 Å². The van der Waals surface area contributed by atoms with Crippen molar-refractivity contribution in [1.82, 2.24) is 5.32 Å². The molecule has 0 spiro atoms. The van der Waals surface area contributed by atoms with Gasteiger partial charge < -0.3 is 5.32 Å². The van der Waals surface area contributed by atoms with Crippen LogP contribution < -0.4 is 5.32 Å². The molecule has 1 aromatic rings. The summed E-state index contributed by atoms with van der Waals surface area (Å²) in [7, 11) is 0. The van der Waals surface area contributed by atoms with Gasteiger partial charge >= 0.3 is 0 Å². The Morgan fingerprint density at radius 1 is 1.24 bits per heavy atom. The van der Waals surface area contributed by atoms with Crippen molar-refractivity contribution in [1.29, 1.82) is 0 Å². The molecule has 0 aliphatic carbocycles. The maximum absolute atomic E-state index is 13.6. The molecule has 0 aliphatic heterocycles. The lowest BCUT2D eigenvalue weighted by atomic mass is 9.98. The molecule has 17 heavy (non-hydrogen) atoms. The van der Waals surface area contributed by atoms with Gasteiger partial charge in [-0.15, -0.1) is 0 Å². The quantitative estimate of drug-likeness (QED) is 0.807. The van der Waals surface area contributed by atoms with Crippen LogP contribution in [0.25, 0.3) is 0 Å². The molecule has 96 valence electrons. The summed E-state index contributed by atoms with van der Waals surface area (Å²) in [5, 5.41) is 3.09. The maximum Gasteiger partial charge on any atom is 0.144 e. The van der Waals surface area contributed by atoms with Crippen molar-refractivity contribution in [2.45, 2.75) is 27.3 Å². The highest BCUT2D eigenvalue weighted by atomic mass is 79.9. The highest BCUT2D eigenvalue weighted by molar-refractivity contribution is 9.10. The van der Waals surface area contributed by atoms with E-state index < -0.39 is 11.6 Å². The third kappa shape index (κ3) is 4.03. The normalized spacial score (nSPS) is 13.1. The second kappa shape index (κ2) is 6.45. The molecule has 1 aromatic carbocycles. The van der Waals surface area contributed by atoms with E-state index in [4.69, 9.17) is 0 Å². The van der Waals surface area contributed by atoms with Crippen LogP contribution in [-0.2, 0) is 6.54 Å². The zero-order valence-electron chi connectivity index (χ0n) is 10.4. The summed E-state index contributed by atoms with van der Waals surface area (Å²) in [5.74, 6) is 0.0121. The van der Waals surface area contributed by atoms with Crippen LogP contribution in [0.4, 0.5) is 8.78 Å². The van der Waals surface area contributed by atoms with Gasteiger partial charge in [-0.25, -0.2) is 8.78 Å². The van der Waals surface area contributed by atoms with Crippen LogP contribution in [0.2, 0.25) is 0 Å². The monoisotopic (exact) mass is 305 g/mol. The molecule has 1 unspecified atom stereocenters. The van der Waals surface area contributed by atoms with Crippen LogP contribution in [0.3, 0.4) is 0 Å². The fourth-order valence-corrected chi connectivity index (χ4v) is 1.76. The highest BCUT2D eigenvalue weighted by Crippen LogP contribution is 2.21. The summed E-state index contributed by atoms with van der Waals surface area (Å²) in [6, 6.07) is 2.65. The van der Waals surface area contributed by atoms with Crippen molar-refractivity contribution in [2.75, 3.05) is 6.54 Å². The molecule has 1 nitrogen and oxygen atoms in total. The van der Waals surface area contributed by atoms with E-state index in [1.807, 2.05) is 0 Å². The van der Waals surface area contributed by atoms with Crippen LogP contribution in [0.5, 0.6) is 0 Å².